The van der Waals surface area contributed by atoms with Gasteiger partial charge in [-0.2, -0.15) is 0 Å². The van der Waals surface area contributed by atoms with Crippen LogP contribution < -0.4 is 10.1 Å². The van der Waals surface area contributed by atoms with E-state index in [1.165, 1.54) is 36.9 Å². The van der Waals surface area contributed by atoms with Crippen LogP contribution in [0.2, 0.25) is 0 Å². The molecular formula is C17H26N2O. The number of ether oxygens (including phenoxy) is 1. The van der Waals surface area contributed by atoms with Crippen molar-refractivity contribution in [2.75, 3.05) is 20.2 Å². The molecule has 0 spiro atoms. The SMILES string of the molecule is COc1c(C)cnc(CC2(C3CCCC3)CNC2)c1C. The Bertz CT molecular complexity index is 488. The molecule has 1 saturated heterocycles. The smallest absolute Gasteiger partial charge is 0.128 e. The molecule has 3 heteroatoms. The lowest BCUT2D eigenvalue weighted by Crippen LogP contribution is -2.58. The molecule has 20 heavy (non-hydrogen) atoms. The molecule has 1 aromatic rings. The average Bonchev–Trinajstić information content (AvgIpc) is 2.91. The predicted octanol–water partition coefficient (Wildman–Crippen LogP) is 3.03. The van der Waals surface area contributed by atoms with E-state index in [1.807, 2.05) is 6.20 Å². The quantitative estimate of drug-likeness (QED) is 0.916. The molecule has 110 valence electrons. The fraction of sp³-hybridized carbons (Fsp3) is 0.706. The minimum atomic E-state index is 0.453. The zero-order valence-corrected chi connectivity index (χ0v) is 13.0. The van der Waals surface area contributed by atoms with Crippen molar-refractivity contribution in [1.29, 1.82) is 0 Å². The van der Waals surface area contributed by atoms with E-state index >= 15 is 0 Å². The molecule has 1 aliphatic heterocycles. The number of methoxy groups -OCH3 is 1. The standard InChI is InChI=1S/C17H26N2O/c1-12-9-19-15(13(2)16(12)20-3)8-17(10-18-11-17)14-6-4-5-7-14/h9,14,18H,4-8,10-11H2,1-3H3. The molecule has 3 nitrogen and oxygen atoms in total. The third-order valence-electron chi connectivity index (χ3n) is 5.44. The Morgan fingerprint density at radius 1 is 1.30 bits per heavy atom. The first-order chi connectivity index (χ1) is 9.66. The van der Waals surface area contributed by atoms with E-state index in [1.54, 1.807) is 7.11 Å². The van der Waals surface area contributed by atoms with Gasteiger partial charge in [0, 0.05) is 41.5 Å². The van der Waals surface area contributed by atoms with Crippen LogP contribution in [0.4, 0.5) is 0 Å². The maximum Gasteiger partial charge on any atom is 0.128 e. The third kappa shape index (κ3) is 2.22. The van der Waals surface area contributed by atoms with Crippen molar-refractivity contribution in [2.45, 2.75) is 46.0 Å². The molecule has 1 N–H and O–H groups in total. The predicted molar refractivity (Wildman–Crippen MR) is 81.2 cm³/mol. The highest BCUT2D eigenvalue weighted by Gasteiger charge is 2.45. The van der Waals surface area contributed by atoms with Crippen LogP contribution in [0.3, 0.4) is 0 Å². The molecule has 3 rings (SSSR count). The number of aryl methyl sites for hydroxylation is 1. The number of hydrogen-bond acceptors (Lipinski definition) is 3. The molecule has 0 aromatic carbocycles. The Labute approximate surface area is 122 Å². The van der Waals surface area contributed by atoms with Crippen molar-refractivity contribution < 1.29 is 4.74 Å². The van der Waals surface area contributed by atoms with Gasteiger partial charge in [0.05, 0.1) is 7.11 Å². The minimum absolute atomic E-state index is 0.453. The number of nitrogens with one attached hydrogen (secondary N) is 1. The van der Waals surface area contributed by atoms with Gasteiger partial charge in [-0.15, -0.1) is 0 Å². The molecule has 2 fully saturated rings. The normalized spacial score (nSPS) is 21.8. The van der Waals surface area contributed by atoms with Gasteiger partial charge in [0.1, 0.15) is 5.75 Å². The number of aromatic nitrogens is 1. The van der Waals surface area contributed by atoms with Crippen LogP contribution in [0.15, 0.2) is 6.20 Å². The Morgan fingerprint density at radius 3 is 2.55 bits per heavy atom. The van der Waals surface area contributed by atoms with E-state index in [9.17, 15) is 0 Å². The molecule has 0 bridgehead atoms. The number of rotatable bonds is 4. The summed E-state index contributed by atoms with van der Waals surface area (Å²) in [6.07, 6.45) is 8.71. The minimum Gasteiger partial charge on any atom is -0.496 e. The van der Waals surface area contributed by atoms with Crippen molar-refractivity contribution >= 4 is 0 Å². The Balaban J connectivity index is 1.86. The lowest BCUT2D eigenvalue weighted by Gasteiger charge is -2.47. The maximum atomic E-state index is 5.55. The topological polar surface area (TPSA) is 34.1 Å². The van der Waals surface area contributed by atoms with Crippen LogP contribution >= 0.6 is 0 Å². The Hall–Kier alpha value is -1.09. The molecule has 2 heterocycles. The van der Waals surface area contributed by atoms with Gasteiger partial charge in [0.15, 0.2) is 0 Å². The molecule has 1 aromatic heterocycles. The largest absolute Gasteiger partial charge is 0.496 e. The van der Waals surface area contributed by atoms with Gasteiger partial charge >= 0.3 is 0 Å². The van der Waals surface area contributed by atoms with E-state index in [0.717, 1.165) is 36.7 Å². The molecule has 1 aliphatic carbocycles. The van der Waals surface area contributed by atoms with Gasteiger partial charge in [0.25, 0.3) is 0 Å². The number of hydrogen-bond donors (Lipinski definition) is 1. The van der Waals surface area contributed by atoms with Gasteiger partial charge < -0.3 is 10.1 Å². The first kappa shape index (κ1) is 13.9. The number of pyridine rings is 1. The van der Waals surface area contributed by atoms with Crippen molar-refractivity contribution in [3.63, 3.8) is 0 Å². The number of nitrogens with zero attached hydrogens (tertiary/aromatic N) is 1. The van der Waals surface area contributed by atoms with E-state index in [2.05, 4.69) is 19.2 Å². The second kappa shape index (κ2) is 5.36. The first-order valence-corrected chi connectivity index (χ1v) is 7.86. The summed E-state index contributed by atoms with van der Waals surface area (Å²) in [5.41, 5.74) is 4.06. The molecule has 2 aliphatic rings. The van der Waals surface area contributed by atoms with Crippen molar-refractivity contribution in [3.8, 4) is 5.75 Å². The molecule has 0 atom stereocenters. The highest BCUT2D eigenvalue weighted by atomic mass is 16.5. The highest BCUT2D eigenvalue weighted by molar-refractivity contribution is 5.41. The van der Waals surface area contributed by atoms with Crippen LogP contribution in [0, 0.1) is 25.2 Å². The summed E-state index contributed by atoms with van der Waals surface area (Å²) in [5, 5.41) is 3.50. The van der Waals surface area contributed by atoms with Crippen LogP contribution in [0.25, 0.3) is 0 Å². The Morgan fingerprint density at radius 2 is 2.00 bits per heavy atom. The zero-order valence-electron chi connectivity index (χ0n) is 13.0. The molecular weight excluding hydrogens is 248 g/mol. The van der Waals surface area contributed by atoms with Gasteiger partial charge in [-0.25, -0.2) is 0 Å². The summed E-state index contributed by atoms with van der Waals surface area (Å²) >= 11 is 0. The van der Waals surface area contributed by atoms with Gasteiger partial charge in [-0.3, -0.25) is 4.98 Å². The fourth-order valence-corrected chi connectivity index (χ4v) is 4.13. The van der Waals surface area contributed by atoms with Crippen molar-refractivity contribution in [2.24, 2.45) is 11.3 Å². The zero-order chi connectivity index (χ0) is 14.2. The van der Waals surface area contributed by atoms with Crippen molar-refractivity contribution in [3.05, 3.63) is 23.0 Å². The molecule has 0 unspecified atom stereocenters. The fourth-order valence-electron chi connectivity index (χ4n) is 4.13. The summed E-state index contributed by atoms with van der Waals surface area (Å²) in [5.74, 6) is 1.90. The van der Waals surface area contributed by atoms with Crippen LogP contribution in [-0.2, 0) is 6.42 Å². The van der Waals surface area contributed by atoms with Crippen LogP contribution in [0.5, 0.6) is 5.75 Å². The average molecular weight is 274 g/mol. The van der Waals surface area contributed by atoms with Crippen molar-refractivity contribution in [1.82, 2.24) is 10.3 Å². The molecule has 0 radical (unpaired) electrons. The lowest BCUT2D eigenvalue weighted by molar-refractivity contribution is 0.0797. The first-order valence-electron chi connectivity index (χ1n) is 7.86. The second-order valence-electron chi connectivity index (χ2n) is 6.67. The van der Waals surface area contributed by atoms with E-state index < -0.39 is 0 Å². The summed E-state index contributed by atoms with van der Waals surface area (Å²) < 4.78 is 5.55. The maximum absolute atomic E-state index is 5.55. The van der Waals surface area contributed by atoms with E-state index in [0.29, 0.717) is 5.41 Å². The summed E-state index contributed by atoms with van der Waals surface area (Å²) in [6.45, 7) is 6.55. The third-order valence-corrected chi connectivity index (χ3v) is 5.44. The van der Waals surface area contributed by atoms with Crippen LogP contribution in [0.1, 0.15) is 42.5 Å². The monoisotopic (exact) mass is 274 g/mol. The highest BCUT2D eigenvalue weighted by Crippen LogP contribution is 2.45. The van der Waals surface area contributed by atoms with E-state index in [-0.39, 0.29) is 0 Å². The van der Waals surface area contributed by atoms with E-state index in [4.69, 9.17) is 9.72 Å². The molecule has 1 saturated carbocycles. The summed E-state index contributed by atoms with van der Waals surface area (Å²) in [7, 11) is 1.76. The summed E-state index contributed by atoms with van der Waals surface area (Å²) in [6, 6.07) is 0. The lowest BCUT2D eigenvalue weighted by atomic mass is 9.66. The van der Waals surface area contributed by atoms with Gasteiger partial charge in [-0.05, 0) is 39.0 Å². The van der Waals surface area contributed by atoms with Gasteiger partial charge in [-0.1, -0.05) is 12.8 Å². The Kier molecular flexibility index (Phi) is 3.72. The van der Waals surface area contributed by atoms with Crippen LogP contribution in [-0.4, -0.2) is 25.2 Å². The second-order valence-corrected chi connectivity index (χ2v) is 6.67. The molecule has 0 amide bonds. The summed E-state index contributed by atoms with van der Waals surface area (Å²) in [4.78, 5) is 4.72. The van der Waals surface area contributed by atoms with Gasteiger partial charge in [0.2, 0.25) is 0 Å².